The first kappa shape index (κ1) is 26.2. The van der Waals surface area contributed by atoms with Gasteiger partial charge < -0.3 is 26.4 Å². The lowest BCUT2D eigenvalue weighted by Crippen LogP contribution is -2.57. The summed E-state index contributed by atoms with van der Waals surface area (Å²) in [5.41, 5.74) is 7.50. The second-order valence-electron chi connectivity index (χ2n) is 10.2. The van der Waals surface area contributed by atoms with Crippen molar-refractivity contribution in [3.05, 3.63) is 65.7 Å². The number of nitrogens with zero attached hydrogens (tertiary/aromatic N) is 1. The number of nitrogens with one attached hydrogen (secondary N) is 2. The van der Waals surface area contributed by atoms with E-state index in [2.05, 4.69) is 10.6 Å². The van der Waals surface area contributed by atoms with Crippen LogP contribution in [-0.2, 0) is 27.2 Å². The number of hydrogen-bond acceptors (Lipinski definition) is 5. The number of amides is 3. The fourth-order valence-corrected chi connectivity index (χ4v) is 4.27. The minimum Gasteiger partial charge on any atom is -0.508 e. The van der Waals surface area contributed by atoms with E-state index in [1.807, 2.05) is 51.1 Å². The number of carbonyl (C=O) groups excluding carboxylic acids is 3. The van der Waals surface area contributed by atoms with Crippen LogP contribution in [0.2, 0.25) is 0 Å². The number of carbonyl (C=O) groups is 3. The van der Waals surface area contributed by atoms with Crippen LogP contribution in [0.3, 0.4) is 0 Å². The minimum atomic E-state index is -0.808. The van der Waals surface area contributed by atoms with Gasteiger partial charge in [-0.15, -0.1) is 0 Å². The van der Waals surface area contributed by atoms with Crippen LogP contribution in [-0.4, -0.2) is 57.9 Å². The highest BCUT2D eigenvalue weighted by Crippen LogP contribution is 2.20. The highest BCUT2D eigenvalue weighted by Gasteiger charge is 2.37. The van der Waals surface area contributed by atoms with Gasteiger partial charge >= 0.3 is 0 Å². The molecule has 8 heteroatoms. The molecule has 0 aromatic heterocycles. The molecule has 35 heavy (non-hydrogen) atoms. The molecule has 0 unspecified atom stereocenters. The van der Waals surface area contributed by atoms with Gasteiger partial charge in [0, 0.05) is 18.5 Å². The lowest BCUT2D eigenvalue weighted by atomic mass is 10.0. The lowest BCUT2D eigenvalue weighted by molar-refractivity contribution is -0.140. The average Bonchev–Trinajstić information content (AvgIpc) is 3.29. The van der Waals surface area contributed by atoms with Gasteiger partial charge in [0.1, 0.15) is 17.8 Å². The highest BCUT2D eigenvalue weighted by atomic mass is 16.3. The summed E-state index contributed by atoms with van der Waals surface area (Å²) >= 11 is 0. The summed E-state index contributed by atoms with van der Waals surface area (Å²) < 4.78 is 0. The first-order valence-electron chi connectivity index (χ1n) is 12.0. The van der Waals surface area contributed by atoms with Gasteiger partial charge in [0.2, 0.25) is 17.7 Å². The molecule has 1 saturated heterocycles. The Labute approximate surface area is 206 Å². The molecular weight excluding hydrogens is 444 g/mol. The van der Waals surface area contributed by atoms with E-state index in [-0.39, 0.29) is 23.5 Å². The molecule has 1 aliphatic heterocycles. The van der Waals surface area contributed by atoms with Crippen LogP contribution >= 0.6 is 0 Å². The summed E-state index contributed by atoms with van der Waals surface area (Å²) in [4.78, 5) is 41.0. The standard InChI is InChI=1S/C27H36N4O4/c1-27(2,3)30-24(33)22(17-18-8-5-4-6-9-18)29-25(34)23-10-7-15-31(23)26(35)21(28)16-19-11-13-20(32)14-12-19/h4-6,8-9,11-14,21-23,32H,7,10,15-17,28H2,1-3H3,(H,29,34)(H,30,33)/t21-,22-,23-/m0/s1. The Morgan fingerprint density at radius 3 is 2.29 bits per heavy atom. The van der Waals surface area contributed by atoms with Crippen molar-refractivity contribution in [3.8, 4) is 5.75 Å². The summed E-state index contributed by atoms with van der Waals surface area (Å²) in [5, 5.41) is 15.3. The molecule has 0 spiro atoms. The monoisotopic (exact) mass is 480 g/mol. The van der Waals surface area contributed by atoms with Crippen LogP contribution in [0.1, 0.15) is 44.7 Å². The molecule has 1 heterocycles. The molecular formula is C27H36N4O4. The summed E-state index contributed by atoms with van der Waals surface area (Å²) in [5.74, 6) is -0.771. The molecule has 0 aliphatic carbocycles. The molecule has 0 bridgehead atoms. The number of phenols is 1. The maximum Gasteiger partial charge on any atom is 0.243 e. The van der Waals surface area contributed by atoms with Crippen molar-refractivity contribution in [2.24, 2.45) is 5.73 Å². The Morgan fingerprint density at radius 1 is 1.03 bits per heavy atom. The van der Waals surface area contributed by atoms with Crippen molar-refractivity contribution in [1.29, 1.82) is 0 Å². The van der Waals surface area contributed by atoms with Gasteiger partial charge in [-0.05, 0) is 63.3 Å². The molecule has 8 nitrogen and oxygen atoms in total. The second-order valence-corrected chi connectivity index (χ2v) is 10.2. The van der Waals surface area contributed by atoms with Crippen LogP contribution in [0.5, 0.6) is 5.75 Å². The smallest absolute Gasteiger partial charge is 0.243 e. The Hall–Kier alpha value is -3.39. The molecule has 3 rings (SSSR count). The summed E-state index contributed by atoms with van der Waals surface area (Å²) in [6, 6.07) is 13.8. The number of benzene rings is 2. The molecule has 2 aromatic carbocycles. The van der Waals surface area contributed by atoms with E-state index in [0.29, 0.717) is 32.2 Å². The number of aromatic hydroxyl groups is 1. The normalized spacial score (nSPS) is 17.5. The predicted octanol–water partition coefficient (Wildman–Crippen LogP) is 1.90. The van der Waals surface area contributed by atoms with Gasteiger partial charge in [-0.25, -0.2) is 0 Å². The van der Waals surface area contributed by atoms with Crippen molar-refractivity contribution in [2.45, 2.75) is 70.1 Å². The molecule has 0 radical (unpaired) electrons. The minimum absolute atomic E-state index is 0.144. The third-order valence-corrected chi connectivity index (χ3v) is 5.96. The van der Waals surface area contributed by atoms with Crippen LogP contribution in [0.4, 0.5) is 0 Å². The van der Waals surface area contributed by atoms with Crippen molar-refractivity contribution in [2.75, 3.05) is 6.54 Å². The van der Waals surface area contributed by atoms with Gasteiger partial charge in [0.05, 0.1) is 6.04 Å². The Kier molecular flexibility index (Phi) is 8.51. The number of likely N-dealkylation sites (tertiary alicyclic amines) is 1. The second kappa shape index (κ2) is 11.4. The van der Waals surface area contributed by atoms with Crippen LogP contribution in [0.25, 0.3) is 0 Å². The quantitative estimate of drug-likeness (QED) is 0.459. The number of phenolic OH excluding ortho intramolecular Hbond substituents is 1. The SMILES string of the molecule is CC(C)(C)NC(=O)[C@H](Cc1ccccc1)NC(=O)[C@@H]1CCCN1C(=O)[C@@H](N)Cc1ccc(O)cc1. The van der Waals surface area contributed by atoms with Crippen LogP contribution < -0.4 is 16.4 Å². The highest BCUT2D eigenvalue weighted by molar-refractivity contribution is 5.93. The molecule has 5 N–H and O–H groups in total. The summed E-state index contributed by atoms with van der Waals surface area (Å²) in [7, 11) is 0. The molecule has 188 valence electrons. The van der Waals surface area contributed by atoms with E-state index in [1.54, 1.807) is 24.3 Å². The Morgan fingerprint density at radius 2 is 1.66 bits per heavy atom. The lowest BCUT2D eigenvalue weighted by Gasteiger charge is -2.29. The van der Waals surface area contributed by atoms with Gasteiger partial charge in [-0.3, -0.25) is 14.4 Å². The number of nitrogens with two attached hydrogens (primary N) is 1. The first-order valence-corrected chi connectivity index (χ1v) is 12.0. The van der Waals surface area contributed by atoms with Gasteiger partial charge in [0.25, 0.3) is 0 Å². The van der Waals surface area contributed by atoms with E-state index < -0.39 is 23.7 Å². The fourth-order valence-electron chi connectivity index (χ4n) is 4.27. The summed E-state index contributed by atoms with van der Waals surface area (Å²) in [6.07, 6.45) is 1.85. The maximum absolute atomic E-state index is 13.3. The van der Waals surface area contributed by atoms with E-state index in [1.165, 1.54) is 4.90 Å². The molecule has 2 aromatic rings. The molecule has 3 atom stereocenters. The first-order chi connectivity index (χ1) is 16.5. The average molecular weight is 481 g/mol. The number of hydrogen-bond donors (Lipinski definition) is 4. The zero-order valence-corrected chi connectivity index (χ0v) is 20.7. The van der Waals surface area contributed by atoms with Gasteiger partial charge in [-0.1, -0.05) is 42.5 Å². The van der Waals surface area contributed by atoms with E-state index >= 15 is 0 Å². The topological polar surface area (TPSA) is 125 Å². The Bertz CT molecular complexity index is 1020. The summed E-state index contributed by atoms with van der Waals surface area (Å²) in [6.45, 7) is 6.11. The molecule has 1 aliphatic rings. The third kappa shape index (κ3) is 7.55. The fraction of sp³-hybridized carbons (Fsp3) is 0.444. The van der Waals surface area contributed by atoms with E-state index in [9.17, 15) is 19.5 Å². The van der Waals surface area contributed by atoms with Crippen molar-refractivity contribution in [3.63, 3.8) is 0 Å². The zero-order chi connectivity index (χ0) is 25.6. The third-order valence-electron chi connectivity index (χ3n) is 5.96. The van der Waals surface area contributed by atoms with Crippen LogP contribution in [0.15, 0.2) is 54.6 Å². The molecule has 1 fully saturated rings. The van der Waals surface area contributed by atoms with Crippen molar-refractivity contribution < 1.29 is 19.5 Å². The predicted molar refractivity (Wildman–Crippen MR) is 134 cm³/mol. The molecule has 0 saturated carbocycles. The number of rotatable bonds is 8. The van der Waals surface area contributed by atoms with Gasteiger partial charge in [-0.2, -0.15) is 0 Å². The molecule has 3 amide bonds. The van der Waals surface area contributed by atoms with Gasteiger partial charge in [0.15, 0.2) is 0 Å². The largest absolute Gasteiger partial charge is 0.508 e. The van der Waals surface area contributed by atoms with E-state index in [0.717, 1.165) is 11.1 Å². The Balaban J connectivity index is 1.69. The van der Waals surface area contributed by atoms with E-state index in [4.69, 9.17) is 5.73 Å². The zero-order valence-electron chi connectivity index (χ0n) is 20.7. The van der Waals surface area contributed by atoms with Crippen molar-refractivity contribution >= 4 is 17.7 Å². The van der Waals surface area contributed by atoms with Crippen LogP contribution in [0, 0.1) is 0 Å². The van der Waals surface area contributed by atoms with Crippen molar-refractivity contribution in [1.82, 2.24) is 15.5 Å². The maximum atomic E-state index is 13.3.